The number of hydrogen-bond donors (Lipinski definition) is 0. The molecule has 0 N–H and O–H groups in total. The van der Waals surface area contributed by atoms with Gasteiger partial charge < -0.3 is 9.80 Å². The lowest BCUT2D eigenvalue weighted by atomic mass is 9.78. The number of hydrogen-bond acceptors (Lipinski definition) is 2. The summed E-state index contributed by atoms with van der Waals surface area (Å²) in [6, 6.07) is 65.5. The zero-order valence-corrected chi connectivity index (χ0v) is 25.8. The number of anilines is 6. The van der Waals surface area contributed by atoms with Crippen molar-refractivity contribution in [1.29, 1.82) is 1.34 Å². The fourth-order valence-electron chi connectivity index (χ4n) is 6.88. The van der Waals surface area contributed by atoms with Crippen molar-refractivity contribution >= 4 is 64.0 Å². The monoisotopic (exact) mass is 599 g/mol. The molecule has 0 atom stereocenters. The molecule has 0 saturated carbocycles. The van der Waals surface area contributed by atoms with E-state index < -0.39 is 0 Å². The van der Waals surface area contributed by atoms with Gasteiger partial charge in [0.1, 0.15) is 0 Å². The maximum Gasteiger partial charge on any atom is 0.0468 e. The summed E-state index contributed by atoms with van der Waals surface area (Å²) in [7, 11) is 3.75. The second kappa shape index (κ2) is 11.7. The molecule has 0 saturated heterocycles. The fraction of sp³-hybridized carbons (Fsp3) is 0. The average molecular weight is 600 g/mol. The van der Waals surface area contributed by atoms with Crippen LogP contribution in [0.15, 0.2) is 182 Å². The number of nitrogens with zero attached hydrogens (tertiary/aromatic N) is 2. The molecule has 47 heavy (non-hydrogen) atoms. The second-order valence-electron chi connectivity index (χ2n) is 11.9. The molecule has 0 aromatic heterocycles. The average Bonchev–Trinajstić information content (AvgIpc) is 3.16. The van der Waals surface area contributed by atoms with Crippen molar-refractivity contribution in [3.8, 4) is 22.3 Å². The van der Waals surface area contributed by atoms with Crippen molar-refractivity contribution in [1.82, 2.24) is 0 Å². The van der Waals surface area contributed by atoms with Gasteiger partial charge in [-0.25, -0.2) is 0 Å². The summed E-state index contributed by atoms with van der Waals surface area (Å²) in [5.74, 6) is 0. The Morgan fingerprint density at radius 2 is 0.553 bits per heavy atom. The molecule has 9 rings (SSSR count). The summed E-state index contributed by atoms with van der Waals surface area (Å²) < 4.78 is 5.25. The first-order valence-electron chi connectivity index (χ1n) is 16.3. The van der Waals surface area contributed by atoms with Crippen LogP contribution in [0.25, 0.3) is 43.8 Å². The number of rotatable bonds is 6. The number of benzene rings is 8. The zero-order valence-electron chi connectivity index (χ0n) is 26.8. The predicted molar refractivity (Wildman–Crippen MR) is 202 cm³/mol. The summed E-state index contributed by atoms with van der Waals surface area (Å²) in [4.78, 5) is 4.65. The van der Waals surface area contributed by atoms with E-state index in [0.29, 0.717) is 0 Å². The van der Waals surface area contributed by atoms with E-state index in [9.17, 15) is 0 Å². The highest BCUT2D eigenvalue weighted by atomic mass is 15.1. The van der Waals surface area contributed by atoms with Gasteiger partial charge in [0.05, 0.1) is 0 Å². The molecule has 3 heteroatoms. The largest absolute Gasteiger partial charge is 0.310 e. The van der Waals surface area contributed by atoms with Crippen molar-refractivity contribution in [2.75, 3.05) is 9.80 Å². The van der Waals surface area contributed by atoms with Gasteiger partial charge in [-0.2, -0.15) is 0 Å². The SMILES string of the molecule is [2H][B].c1ccc(N(c2ccccc2)c2ccc3cc4c(cc3c2)-c2cc3cc(N(c5ccccc5)c5ccccc5)ccc3cc2-4)cc1. The Morgan fingerprint density at radius 1 is 0.277 bits per heavy atom. The normalized spacial score (nSPS) is 11.4. The highest BCUT2D eigenvalue weighted by molar-refractivity contribution is 6.12. The third-order valence-corrected chi connectivity index (χ3v) is 9.07. The van der Waals surface area contributed by atoms with E-state index in [2.05, 4.69) is 200 Å². The topological polar surface area (TPSA) is 6.48 Å². The van der Waals surface area contributed by atoms with Gasteiger partial charge in [0.15, 0.2) is 0 Å². The van der Waals surface area contributed by atoms with Gasteiger partial charge in [-0.3, -0.25) is 0 Å². The smallest absolute Gasteiger partial charge is 0.0468 e. The lowest BCUT2D eigenvalue weighted by Crippen LogP contribution is -2.10. The molecule has 0 fully saturated rings. The summed E-state index contributed by atoms with van der Waals surface area (Å²) in [5, 5.41) is 5.00. The molecule has 8 aromatic carbocycles. The minimum Gasteiger partial charge on any atom is -0.310 e. The summed E-state index contributed by atoms with van der Waals surface area (Å²) in [5.41, 5.74) is 12.2. The van der Waals surface area contributed by atoms with E-state index in [4.69, 9.17) is 1.34 Å². The minimum absolute atomic E-state index is 1.14. The molecule has 8 aromatic rings. The first-order valence-corrected chi connectivity index (χ1v) is 15.8. The standard InChI is InChI=1S/C44H30N2.BH/c1-5-13-35(14-6-1)45(36-15-7-2-8-16-36)39-23-21-31-27-41-42-28-32-22-24-40(26-34(32)30-44(42)43(41)29-33(31)25-39)46(37-17-9-3-10-18-37)38-19-11-4-12-20-38;/h1-30H;1H/i;1D. The first kappa shape index (κ1) is 27.3. The van der Waals surface area contributed by atoms with Crippen LogP contribution in [0.2, 0.25) is 0 Å². The third kappa shape index (κ3) is 4.94. The van der Waals surface area contributed by atoms with Crippen LogP contribution in [-0.4, -0.2) is 9.71 Å². The van der Waals surface area contributed by atoms with Crippen LogP contribution in [0.1, 0.15) is 0 Å². The van der Waals surface area contributed by atoms with E-state index in [0.717, 1.165) is 34.1 Å². The Labute approximate surface area is 278 Å². The highest BCUT2D eigenvalue weighted by Gasteiger charge is 2.24. The number of fused-ring (bicyclic) bond motifs is 6. The molecule has 0 spiro atoms. The molecule has 2 nitrogen and oxygen atoms in total. The van der Waals surface area contributed by atoms with Gasteiger partial charge in [-0.05, 0) is 142 Å². The van der Waals surface area contributed by atoms with Crippen molar-refractivity contribution < 1.29 is 0 Å². The van der Waals surface area contributed by atoms with E-state index in [-0.39, 0.29) is 0 Å². The molecule has 220 valence electrons. The Balaban J connectivity index is 0.00000165. The van der Waals surface area contributed by atoms with Crippen molar-refractivity contribution in [3.63, 3.8) is 0 Å². The van der Waals surface area contributed by atoms with Crippen LogP contribution in [0.4, 0.5) is 34.1 Å². The Morgan fingerprint density at radius 3 is 0.851 bits per heavy atom. The molecule has 1 aliphatic carbocycles. The molecule has 1 aliphatic rings. The van der Waals surface area contributed by atoms with Gasteiger partial charge in [-0.15, -0.1) is 0 Å². The van der Waals surface area contributed by atoms with E-state index in [1.165, 1.54) is 43.8 Å². The van der Waals surface area contributed by atoms with Crippen molar-refractivity contribution in [2.24, 2.45) is 0 Å². The maximum absolute atomic E-state index is 5.25. The number of para-hydroxylation sites is 4. The molecular formula is C44H31BN2. The third-order valence-electron chi connectivity index (χ3n) is 9.07. The Bertz CT molecular complexity index is 2110. The van der Waals surface area contributed by atoms with Crippen molar-refractivity contribution in [3.05, 3.63) is 182 Å². The van der Waals surface area contributed by atoms with Gasteiger partial charge in [0.2, 0.25) is 0 Å². The van der Waals surface area contributed by atoms with E-state index in [1.54, 1.807) is 0 Å². The Kier molecular flexibility index (Phi) is 6.79. The second-order valence-corrected chi connectivity index (χ2v) is 11.9. The summed E-state index contributed by atoms with van der Waals surface area (Å²) in [6.45, 7) is 0. The van der Waals surface area contributed by atoms with Gasteiger partial charge in [0.25, 0.3) is 0 Å². The molecule has 0 bridgehead atoms. The first-order chi connectivity index (χ1) is 23.8. The summed E-state index contributed by atoms with van der Waals surface area (Å²) in [6.07, 6.45) is 0. The maximum atomic E-state index is 5.25. The van der Waals surface area contributed by atoms with Gasteiger partial charge >= 0.3 is 0 Å². The zero-order chi connectivity index (χ0) is 32.5. The molecule has 0 amide bonds. The van der Waals surface area contributed by atoms with Crippen molar-refractivity contribution in [2.45, 2.75) is 0 Å². The van der Waals surface area contributed by atoms with Gasteiger partial charge in [-0.1, -0.05) is 84.9 Å². The highest BCUT2D eigenvalue weighted by Crippen LogP contribution is 2.51. The van der Waals surface area contributed by atoms with Crippen LogP contribution >= 0.6 is 0 Å². The summed E-state index contributed by atoms with van der Waals surface area (Å²) >= 11 is 0. The van der Waals surface area contributed by atoms with E-state index >= 15 is 0 Å². The lowest BCUT2D eigenvalue weighted by molar-refractivity contribution is 1.29. The minimum atomic E-state index is 1.14. The van der Waals surface area contributed by atoms with Crippen LogP contribution in [0.3, 0.4) is 0 Å². The quantitative estimate of drug-likeness (QED) is 0.176. The Hall–Kier alpha value is -6.06. The van der Waals surface area contributed by atoms with Crippen LogP contribution < -0.4 is 9.80 Å². The van der Waals surface area contributed by atoms with Crippen LogP contribution in [-0.2, 0) is 0 Å². The van der Waals surface area contributed by atoms with Gasteiger partial charge in [0, 0.05) is 42.5 Å². The molecular weight excluding hydrogens is 567 g/mol. The molecule has 2 radical (unpaired) electrons. The lowest BCUT2D eigenvalue weighted by Gasteiger charge is -2.28. The predicted octanol–water partition coefficient (Wildman–Crippen LogP) is 11.9. The molecule has 0 heterocycles. The van der Waals surface area contributed by atoms with Crippen LogP contribution in [0, 0.1) is 0 Å². The van der Waals surface area contributed by atoms with Crippen LogP contribution in [0.5, 0.6) is 0 Å². The fourth-order valence-corrected chi connectivity index (χ4v) is 6.88. The molecule has 0 unspecified atom stereocenters. The molecule has 0 aliphatic heterocycles. The van der Waals surface area contributed by atoms with E-state index in [1.807, 2.05) is 0 Å².